The SMILES string of the molecule is CCOc1ccccc1NC(=O)[C@@H](C)N1C[C@@H](C)O[C@@H](C)C1. The van der Waals surface area contributed by atoms with Crippen molar-refractivity contribution in [2.24, 2.45) is 0 Å². The number of hydrogen-bond donors (Lipinski definition) is 1. The van der Waals surface area contributed by atoms with E-state index >= 15 is 0 Å². The second kappa shape index (κ2) is 7.61. The van der Waals surface area contributed by atoms with Gasteiger partial charge in [0, 0.05) is 13.1 Å². The third-order valence-electron chi connectivity index (χ3n) is 3.82. The molecule has 0 spiro atoms. The zero-order chi connectivity index (χ0) is 16.1. The maximum absolute atomic E-state index is 12.5. The highest BCUT2D eigenvalue weighted by molar-refractivity contribution is 5.95. The minimum atomic E-state index is -0.205. The highest BCUT2D eigenvalue weighted by Gasteiger charge is 2.29. The van der Waals surface area contributed by atoms with E-state index in [1.165, 1.54) is 0 Å². The average molecular weight is 306 g/mol. The number of carbonyl (C=O) groups excluding carboxylic acids is 1. The van der Waals surface area contributed by atoms with E-state index in [2.05, 4.69) is 10.2 Å². The van der Waals surface area contributed by atoms with Crippen LogP contribution in [-0.2, 0) is 9.53 Å². The number of morpholine rings is 1. The molecule has 22 heavy (non-hydrogen) atoms. The van der Waals surface area contributed by atoms with Gasteiger partial charge in [0.25, 0.3) is 0 Å². The first-order valence-corrected chi connectivity index (χ1v) is 7.93. The number of hydrogen-bond acceptors (Lipinski definition) is 4. The number of anilines is 1. The van der Waals surface area contributed by atoms with Crippen LogP contribution in [0.1, 0.15) is 27.7 Å². The Bertz CT molecular complexity index is 496. The molecule has 1 heterocycles. The first kappa shape index (κ1) is 16.8. The number of nitrogens with zero attached hydrogens (tertiary/aromatic N) is 1. The van der Waals surface area contributed by atoms with Crippen molar-refractivity contribution < 1.29 is 14.3 Å². The van der Waals surface area contributed by atoms with Gasteiger partial charge in [-0.25, -0.2) is 0 Å². The van der Waals surface area contributed by atoms with Crippen LogP contribution in [0.25, 0.3) is 0 Å². The smallest absolute Gasteiger partial charge is 0.241 e. The maximum Gasteiger partial charge on any atom is 0.241 e. The molecule has 0 aromatic heterocycles. The number of benzene rings is 1. The average Bonchev–Trinajstić information content (AvgIpc) is 2.47. The molecular weight excluding hydrogens is 280 g/mol. The van der Waals surface area contributed by atoms with Crippen molar-refractivity contribution >= 4 is 11.6 Å². The molecule has 2 rings (SSSR count). The van der Waals surface area contributed by atoms with Gasteiger partial charge in [-0.15, -0.1) is 0 Å². The Morgan fingerprint density at radius 3 is 2.64 bits per heavy atom. The summed E-state index contributed by atoms with van der Waals surface area (Å²) in [6, 6.07) is 7.31. The lowest BCUT2D eigenvalue weighted by molar-refractivity contribution is -0.126. The molecule has 1 saturated heterocycles. The van der Waals surface area contributed by atoms with Crippen LogP contribution in [0.3, 0.4) is 0 Å². The van der Waals surface area contributed by atoms with Crippen molar-refractivity contribution in [3.05, 3.63) is 24.3 Å². The fourth-order valence-electron chi connectivity index (χ4n) is 2.79. The number of amides is 1. The quantitative estimate of drug-likeness (QED) is 0.908. The van der Waals surface area contributed by atoms with E-state index < -0.39 is 0 Å². The predicted molar refractivity (Wildman–Crippen MR) is 87.3 cm³/mol. The molecule has 5 heteroatoms. The molecule has 0 unspecified atom stereocenters. The summed E-state index contributed by atoms with van der Waals surface area (Å²) in [6.07, 6.45) is 0.296. The van der Waals surface area contributed by atoms with Crippen LogP contribution < -0.4 is 10.1 Å². The summed E-state index contributed by atoms with van der Waals surface area (Å²) in [5, 5.41) is 2.98. The van der Waals surface area contributed by atoms with Crippen molar-refractivity contribution in [2.45, 2.75) is 45.9 Å². The van der Waals surface area contributed by atoms with E-state index in [0.29, 0.717) is 12.4 Å². The molecule has 0 bridgehead atoms. The van der Waals surface area contributed by atoms with Crippen LogP contribution in [-0.4, -0.2) is 48.8 Å². The molecule has 0 saturated carbocycles. The van der Waals surface area contributed by atoms with Gasteiger partial charge in [0.1, 0.15) is 5.75 Å². The van der Waals surface area contributed by atoms with Gasteiger partial charge in [-0.3, -0.25) is 9.69 Å². The molecule has 1 aliphatic rings. The molecule has 1 amide bonds. The van der Waals surface area contributed by atoms with Crippen LogP contribution >= 0.6 is 0 Å². The first-order valence-electron chi connectivity index (χ1n) is 7.93. The first-order chi connectivity index (χ1) is 10.5. The number of nitrogens with one attached hydrogen (secondary N) is 1. The minimum absolute atomic E-state index is 0.0200. The Hall–Kier alpha value is -1.59. The molecular formula is C17H26N2O3. The van der Waals surface area contributed by atoms with Crippen LogP contribution in [0.4, 0.5) is 5.69 Å². The highest BCUT2D eigenvalue weighted by atomic mass is 16.5. The Morgan fingerprint density at radius 2 is 2.00 bits per heavy atom. The van der Waals surface area contributed by atoms with E-state index in [9.17, 15) is 4.79 Å². The van der Waals surface area contributed by atoms with Gasteiger partial charge in [-0.05, 0) is 39.8 Å². The van der Waals surface area contributed by atoms with Crippen molar-refractivity contribution in [2.75, 3.05) is 25.0 Å². The molecule has 1 aromatic rings. The second-order valence-corrected chi connectivity index (χ2v) is 5.81. The normalized spacial score (nSPS) is 23.8. The van der Waals surface area contributed by atoms with E-state index in [-0.39, 0.29) is 24.2 Å². The molecule has 122 valence electrons. The summed E-state index contributed by atoms with van der Waals surface area (Å²) in [6.45, 7) is 10.1. The monoisotopic (exact) mass is 306 g/mol. The van der Waals surface area contributed by atoms with Crippen molar-refractivity contribution in [3.63, 3.8) is 0 Å². The molecule has 1 aliphatic heterocycles. The molecule has 1 fully saturated rings. The lowest BCUT2D eigenvalue weighted by Gasteiger charge is -2.38. The van der Waals surface area contributed by atoms with E-state index in [4.69, 9.17) is 9.47 Å². The third-order valence-corrected chi connectivity index (χ3v) is 3.82. The topological polar surface area (TPSA) is 50.8 Å². The van der Waals surface area contributed by atoms with Crippen LogP contribution in [0.5, 0.6) is 5.75 Å². The van der Waals surface area contributed by atoms with Gasteiger partial charge in [0.2, 0.25) is 5.91 Å². The standard InChI is InChI=1S/C17H26N2O3/c1-5-21-16-9-7-6-8-15(16)18-17(20)14(4)19-10-12(2)22-13(3)11-19/h6-9,12-14H,5,10-11H2,1-4H3,(H,18,20)/t12-,13+,14-/m1/s1. The molecule has 5 nitrogen and oxygen atoms in total. The van der Waals surface area contributed by atoms with Gasteiger partial charge in [-0.1, -0.05) is 12.1 Å². The van der Waals surface area contributed by atoms with Crippen molar-refractivity contribution in [1.82, 2.24) is 4.90 Å². The molecule has 1 N–H and O–H groups in total. The summed E-state index contributed by atoms with van der Waals surface area (Å²) in [4.78, 5) is 14.7. The number of para-hydroxylation sites is 2. The summed E-state index contributed by atoms with van der Waals surface area (Å²) in [7, 11) is 0. The van der Waals surface area contributed by atoms with Crippen molar-refractivity contribution in [3.8, 4) is 5.75 Å². The largest absolute Gasteiger partial charge is 0.492 e. The summed E-state index contributed by atoms with van der Waals surface area (Å²) < 4.78 is 11.3. The maximum atomic E-state index is 12.5. The van der Waals surface area contributed by atoms with Crippen molar-refractivity contribution in [1.29, 1.82) is 0 Å². The van der Waals surface area contributed by atoms with Crippen LogP contribution in [0.2, 0.25) is 0 Å². The Morgan fingerprint density at radius 1 is 1.36 bits per heavy atom. The minimum Gasteiger partial charge on any atom is -0.492 e. The highest BCUT2D eigenvalue weighted by Crippen LogP contribution is 2.24. The van der Waals surface area contributed by atoms with Gasteiger partial charge in [0.15, 0.2) is 0 Å². The van der Waals surface area contributed by atoms with Gasteiger partial charge < -0.3 is 14.8 Å². The number of rotatable bonds is 5. The lowest BCUT2D eigenvalue weighted by Crippen LogP contribution is -2.52. The van der Waals surface area contributed by atoms with Gasteiger partial charge >= 0.3 is 0 Å². The Kier molecular flexibility index (Phi) is 5.80. The van der Waals surface area contributed by atoms with E-state index in [1.807, 2.05) is 52.0 Å². The molecule has 1 aromatic carbocycles. The molecule has 3 atom stereocenters. The molecule has 0 aliphatic carbocycles. The summed E-state index contributed by atoms with van der Waals surface area (Å²) >= 11 is 0. The van der Waals surface area contributed by atoms with Crippen LogP contribution in [0, 0.1) is 0 Å². The predicted octanol–water partition coefficient (Wildman–Crippen LogP) is 2.52. The zero-order valence-corrected chi connectivity index (χ0v) is 13.8. The van der Waals surface area contributed by atoms with E-state index in [1.54, 1.807) is 0 Å². The number of carbonyl (C=O) groups is 1. The fraction of sp³-hybridized carbons (Fsp3) is 0.588. The lowest BCUT2D eigenvalue weighted by atomic mass is 10.1. The second-order valence-electron chi connectivity index (χ2n) is 5.81. The number of ether oxygens (including phenoxy) is 2. The fourth-order valence-corrected chi connectivity index (χ4v) is 2.79. The zero-order valence-electron chi connectivity index (χ0n) is 13.8. The summed E-state index contributed by atoms with van der Waals surface area (Å²) in [5.74, 6) is 0.683. The third kappa shape index (κ3) is 4.21. The van der Waals surface area contributed by atoms with Gasteiger partial charge in [0.05, 0.1) is 30.5 Å². The molecule has 0 radical (unpaired) electrons. The van der Waals surface area contributed by atoms with Crippen LogP contribution in [0.15, 0.2) is 24.3 Å². The Labute approximate surface area is 132 Å². The van der Waals surface area contributed by atoms with E-state index in [0.717, 1.165) is 18.8 Å². The van der Waals surface area contributed by atoms with Gasteiger partial charge in [-0.2, -0.15) is 0 Å². The summed E-state index contributed by atoms with van der Waals surface area (Å²) in [5.41, 5.74) is 0.718. The Balaban J connectivity index is 2.02.